The molecule has 3 saturated heterocycles. The Labute approximate surface area is 206 Å². The summed E-state index contributed by atoms with van der Waals surface area (Å²) in [5.41, 5.74) is 3.67. The number of hydrogen-bond acceptors (Lipinski definition) is 7. The molecule has 3 fully saturated rings. The molecule has 0 saturated carbocycles. The summed E-state index contributed by atoms with van der Waals surface area (Å²) < 4.78 is 50.3. The van der Waals surface area contributed by atoms with Gasteiger partial charge >= 0.3 is 12.1 Å². The van der Waals surface area contributed by atoms with Crippen molar-refractivity contribution in [3.63, 3.8) is 0 Å². The number of hydrogen-bond donors (Lipinski definition) is 2. The Morgan fingerprint density at radius 2 is 1.94 bits per heavy atom. The first-order chi connectivity index (χ1) is 17.3. The molecular weight excluding hydrogens is 483 g/mol. The second kappa shape index (κ2) is 11.8. The van der Waals surface area contributed by atoms with E-state index in [9.17, 15) is 23.2 Å². The van der Waals surface area contributed by atoms with E-state index >= 15 is 4.39 Å². The van der Waals surface area contributed by atoms with Crippen LogP contribution in [0.4, 0.5) is 34.1 Å². The van der Waals surface area contributed by atoms with Gasteiger partial charge in [0.1, 0.15) is 11.9 Å². The number of benzene rings is 1. The lowest BCUT2D eigenvalue weighted by Crippen LogP contribution is -2.52. The molecule has 0 bridgehead atoms. The molecule has 3 aliphatic heterocycles. The first-order valence-corrected chi connectivity index (χ1v) is 12.0. The molecule has 4 rings (SSSR count). The number of amides is 3. The molecule has 0 aliphatic carbocycles. The molecule has 1 aromatic rings. The molecule has 10 nitrogen and oxygen atoms in total. The van der Waals surface area contributed by atoms with E-state index < -0.39 is 36.6 Å². The lowest BCUT2D eigenvalue weighted by atomic mass is 10.1. The summed E-state index contributed by atoms with van der Waals surface area (Å²) in [5.74, 6) is -1.75. The quantitative estimate of drug-likeness (QED) is 0.577. The van der Waals surface area contributed by atoms with Gasteiger partial charge in [-0.3, -0.25) is 14.7 Å². The van der Waals surface area contributed by atoms with E-state index in [0.29, 0.717) is 45.1 Å². The zero-order valence-electron chi connectivity index (χ0n) is 19.8. The van der Waals surface area contributed by atoms with Crippen LogP contribution in [0.1, 0.15) is 25.7 Å². The van der Waals surface area contributed by atoms with E-state index in [1.807, 2.05) is 4.90 Å². The molecule has 1 atom stereocenters. The Kier molecular flexibility index (Phi) is 8.52. The average Bonchev–Trinajstić information content (AvgIpc) is 3.07. The van der Waals surface area contributed by atoms with Crippen molar-refractivity contribution in [1.29, 1.82) is 0 Å². The summed E-state index contributed by atoms with van der Waals surface area (Å²) in [7, 11) is 0. The normalized spacial score (nSPS) is 21.5. The third kappa shape index (κ3) is 6.38. The molecule has 3 amide bonds. The van der Waals surface area contributed by atoms with Gasteiger partial charge in [-0.2, -0.15) is 0 Å². The Morgan fingerprint density at radius 1 is 1.17 bits per heavy atom. The van der Waals surface area contributed by atoms with Crippen LogP contribution < -0.4 is 20.5 Å². The van der Waals surface area contributed by atoms with Crippen LogP contribution in [-0.4, -0.2) is 87.4 Å². The van der Waals surface area contributed by atoms with Crippen molar-refractivity contribution < 1.29 is 37.0 Å². The number of hydrazine groups is 1. The van der Waals surface area contributed by atoms with E-state index in [2.05, 4.69) is 10.7 Å². The second-order valence-corrected chi connectivity index (χ2v) is 8.94. The van der Waals surface area contributed by atoms with E-state index in [0.717, 1.165) is 12.8 Å². The predicted octanol–water partition coefficient (Wildman–Crippen LogP) is 2.28. The highest BCUT2D eigenvalue weighted by Gasteiger charge is 2.34. The lowest BCUT2D eigenvalue weighted by molar-refractivity contribution is -0.129. The van der Waals surface area contributed by atoms with E-state index in [4.69, 9.17) is 9.47 Å². The number of carbonyl (C=O) groups is 3. The van der Waals surface area contributed by atoms with Crippen molar-refractivity contribution in [1.82, 2.24) is 15.8 Å². The molecule has 0 radical (unpaired) electrons. The fraction of sp³-hybridized carbons (Fsp3) is 0.609. The number of cyclic esters (lactones) is 1. The number of ether oxygens (including phenoxy) is 2. The number of nitrogens with zero attached hydrogens (tertiary/aromatic N) is 3. The Morgan fingerprint density at radius 3 is 2.67 bits per heavy atom. The number of ketones is 1. The van der Waals surface area contributed by atoms with Gasteiger partial charge in [-0.1, -0.05) is 0 Å². The van der Waals surface area contributed by atoms with Crippen molar-refractivity contribution in [2.45, 2.75) is 44.3 Å². The molecule has 36 heavy (non-hydrogen) atoms. The van der Waals surface area contributed by atoms with Crippen molar-refractivity contribution >= 4 is 29.3 Å². The molecule has 2 N–H and O–H groups in total. The summed E-state index contributed by atoms with van der Waals surface area (Å²) in [6.07, 6.45) is -3.39. The Hall–Kier alpha value is -3.06. The zero-order chi connectivity index (χ0) is 25.7. The topological polar surface area (TPSA) is 103 Å². The van der Waals surface area contributed by atoms with Gasteiger partial charge in [0.2, 0.25) is 0 Å². The average molecular weight is 514 g/mol. The zero-order valence-corrected chi connectivity index (χ0v) is 19.8. The summed E-state index contributed by atoms with van der Waals surface area (Å²) in [6, 6.07) is 4.21. The van der Waals surface area contributed by atoms with Crippen LogP contribution in [0.5, 0.6) is 0 Å². The van der Waals surface area contributed by atoms with Crippen LogP contribution in [0.15, 0.2) is 18.2 Å². The maximum Gasteiger partial charge on any atom is 0.414 e. The van der Waals surface area contributed by atoms with Crippen molar-refractivity contribution in [2.24, 2.45) is 0 Å². The van der Waals surface area contributed by atoms with E-state index in [1.54, 1.807) is 12.1 Å². The summed E-state index contributed by atoms with van der Waals surface area (Å²) in [4.78, 5) is 39.0. The summed E-state index contributed by atoms with van der Waals surface area (Å²) in [5, 5.41) is 4.50. The van der Waals surface area contributed by atoms with Crippen LogP contribution in [-0.2, 0) is 14.3 Å². The lowest BCUT2D eigenvalue weighted by Gasteiger charge is -2.28. The van der Waals surface area contributed by atoms with Gasteiger partial charge in [0.25, 0.3) is 6.43 Å². The number of urea groups is 1. The van der Waals surface area contributed by atoms with Crippen molar-refractivity contribution in [2.75, 3.05) is 55.7 Å². The molecule has 3 heterocycles. The molecule has 0 unspecified atom stereocenters. The standard InChI is InChI=1S/C23H30F3N5O5/c24-18-13-16(30-14-17(36-23(30)34)2-4-20(32)21(25)26)1-3-19(18)29-8-7-27-31(10-9-29)22(33)28-15-5-11-35-12-6-15/h1,3,13,15,17,21,27H,2,4-12,14H2,(H,28,33)/t17-/m0/s1. The van der Waals surface area contributed by atoms with Gasteiger partial charge < -0.3 is 19.7 Å². The minimum atomic E-state index is -3.05. The molecule has 13 heteroatoms. The highest BCUT2D eigenvalue weighted by atomic mass is 19.3. The fourth-order valence-electron chi connectivity index (χ4n) is 4.46. The van der Waals surface area contributed by atoms with E-state index in [1.165, 1.54) is 16.0 Å². The molecule has 0 spiro atoms. The van der Waals surface area contributed by atoms with Gasteiger partial charge in [-0.05, 0) is 37.5 Å². The maximum atomic E-state index is 15.1. The second-order valence-electron chi connectivity index (χ2n) is 8.94. The van der Waals surface area contributed by atoms with E-state index in [-0.39, 0.29) is 30.7 Å². The monoisotopic (exact) mass is 513 g/mol. The van der Waals surface area contributed by atoms with Gasteiger partial charge in [-0.25, -0.2) is 28.2 Å². The number of anilines is 2. The molecule has 0 aromatic heterocycles. The summed E-state index contributed by atoms with van der Waals surface area (Å²) >= 11 is 0. The smallest absolute Gasteiger partial charge is 0.414 e. The number of halogens is 3. The van der Waals surface area contributed by atoms with Crippen LogP contribution in [0.2, 0.25) is 0 Å². The SMILES string of the molecule is O=C(CC[C@H]1CN(c2ccc(N3CCNN(C(=O)NC4CCOCC4)CC3)c(F)c2)C(=O)O1)C(F)F. The number of Topliss-reactive ketones (excluding diaryl/α,β-unsaturated/α-hetero) is 1. The number of rotatable bonds is 7. The minimum Gasteiger partial charge on any atom is -0.444 e. The third-order valence-electron chi connectivity index (χ3n) is 6.49. The molecular formula is C23H30F3N5O5. The number of nitrogens with one attached hydrogen (secondary N) is 2. The maximum absolute atomic E-state index is 15.1. The first kappa shape index (κ1) is 26.0. The number of alkyl halides is 2. The molecule has 1 aromatic carbocycles. The summed E-state index contributed by atoms with van der Waals surface area (Å²) in [6.45, 7) is 2.91. The number of carbonyl (C=O) groups excluding carboxylic acids is 3. The Bertz CT molecular complexity index is 962. The fourth-order valence-corrected chi connectivity index (χ4v) is 4.46. The van der Waals surface area contributed by atoms with Gasteiger partial charge in [0.05, 0.1) is 24.5 Å². The Balaban J connectivity index is 1.32. The molecule has 3 aliphatic rings. The highest BCUT2D eigenvalue weighted by Crippen LogP contribution is 2.29. The van der Waals surface area contributed by atoms with Crippen LogP contribution in [0.25, 0.3) is 0 Å². The first-order valence-electron chi connectivity index (χ1n) is 12.0. The van der Waals surface area contributed by atoms with Gasteiger partial charge in [0.15, 0.2) is 5.78 Å². The van der Waals surface area contributed by atoms with Gasteiger partial charge in [-0.15, -0.1) is 0 Å². The predicted molar refractivity (Wildman–Crippen MR) is 124 cm³/mol. The highest BCUT2D eigenvalue weighted by molar-refractivity contribution is 5.90. The van der Waals surface area contributed by atoms with Crippen molar-refractivity contribution in [3.05, 3.63) is 24.0 Å². The van der Waals surface area contributed by atoms with Crippen LogP contribution in [0.3, 0.4) is 0 Å². The van der Waals surface area contributed by atoms with Gasteiger partial charge in [0, 0.05) is 45.3 Å². The van der Waals surface area contributed by atoms with Crippen molar-refractivity contribution in [3.8, 4) is 0 Å². The third-order valence-corrected chi connectivity index (χ3v) is 6.49. The van der Waals surface area contributed by atoms with Crippen LogP contribution in [0, 0.1) is 5.82 Å². The largest absolute Gasteiger partial charge is 0.444 e. The van der Waals surface area contributed by atoms with Crippen LogP contribution >= 0.6 is 0 Å². The minimum absolute atomic E-state index is 0.0225. The molecule has 198 valence electrons.